The number of ether oxygens (including phenoxy) is 1. The molecule has 0 radical (unpaired) electrons. The fourth-order valence-corrected chi connectivity index (χ4v) is 4.18. The Hall–Kier alpha value is -1.88. The van der Waals surface area contributed by atoms with E-state index < -0.39 is 0 Å². The first kappa shape index (κ1) is 19.9. The van der Waals surface area contributed by atoms with Crippen LogP contribution >= 0.6 is 0 Å². The van der Waals surface area contributed by atoms with Gasteiger partial charge in [-0.15, -0.1) is 0 Å². The van der Waals surface area contributed by atoms with E-state index in [0.717, 1.165) is 32.4 Å². The third-order valence-electron chi connectivity index (χ3n) is 5.82. The third kappa shape index (κ3) is 5.32. The van der Waals surface area contributed by atoms with Gasteiger partial charge in [-0.2, -0.15) is 0 Å². The summed E-state index contributed by atoms with van der Waals surface area (Å²) in [5.74, 6) is -0.0591. The van der Waals surface area contributed by atoms with Crippen LogP contribution in [0, 0.1) is 5.92 Å². The van der Waals surface area contributed by atoms with Gasteiger partial charge in [-0.25, -0.2) is 0 Å². The first-order valence-corrected chi connectivity index (χ1v) is 10.4. The second-order valence-electron chi connectivity index (χ2n) is 7.83. The van der Waals surface area contributed by atoms with Crippen molar-refractivity contribution in [3.63, 3.8) is 0 Å². The van der Waals surface area contributed by atoms with Crippen LogP contribution in [0.3, 0.4) is 0 Å². The van der Waals surface area contributed by atoms with E-state index in [1.165, 1.54) is 36.0 Å². The summed E-state index contributed by atoms with van der Waals surface area (Å²) < 4.78 is 5.10. The van der Waals surface area contributed by atoms with E-state index in [1.807, 2.05) is 6.92 Å². The van der Waals surface area contributed by atoms with Crippen molar-refractivity contribution in [3.8, 4) is 0 Å². The lowest BCUT2D eigenvalue weighted by Crippen LogP contribution is -2.43. The van der Waals surface area contributed by atoms with E-state index >= 15 is 0 Å². The molecule has 1 N–H and O–H groups in total. The minimum atomic E-state index is -0.0948. The van der Waals surface area contributed by atoms with Crippen molar-refractivity contribution < 1.29 is 14.3 Å². The summed E-state index contributed by atoms with van der Waals surface area (Å²) >= 11 is 0. The van der Waals surface area contributed by atoms with Crippen molar-refractivity contribution in [1.82, 2.24) is 10.2 Å². The molecule has 2 aliphatic rings. The van der Waals surface area contributed by atoms with E-state index in [0.29, 0.717) is 13.2 Å². The van der Waals surface area contributed by atoms with Gasteiger partial charge in [0.15, 0.2) is 0 Å². The Morgan fingerprint density at radius 2 is 1.89 bits per heavy atom. The van der Waals surface area contributed by atoms with Gasteiger partial charge in [-0.1, -0.05) is 18.2 Å². The molecule has 0 unspecified atom stereocenters. The average Bonchev–Trinajstić information content (AvgIpc) is 2.68. The van der Waals surface area contributed by atoms with Crippen molar-refractivity contribution in [1.29, 1.82) is 0 Å². The molecule has 0 saturated carbocycles. The lowest BCUT2D eigenvalue weighted by molar-refractivity contribution is -0.149. The van der Waals surface area contributed by atoms with E-state index in [2.05, 4.69) is 35.3 Å². The number of likely N-dealkylation sites (tertiary alicyclic amines) is 1. The van der Waals surface area contributed by atoms with Gasteiger partial charge in [0.25, 0.3) is 0 Å². The zero-order valence-corrected chi connectivity index (χ0v) is 16.6. The van der Waals surface area contributed by atoms with Crippen LogP contribution in [-0.4, -0.2) is 43.0 Å². The molecule has 0 aromatic heterocycles. The van der Waals surface area contributed by atoms with Crippen LogP contribution in [0.15, 0.2) is 18.2 Å². The standard InChI is InChI=1S/C22H32N2O3/c1-3-27-22(26)18-10-12-24(13-11-18)15-21(25)23-16(2)19-9-8-17-6-4-5-7-20(17)14-19/h8-9,14,16,18H,3-7,10-13,15H2,1-2H3,(H,23,25)/t16-/m0/s1. The van der Waals surface area contributed by atoms with E-state index in [-0.39, 0.29) is 23.8 Å². The minimum Gasteiger partial charge on any atom is -0.466 e. The lowest BCUT2D eigenvalue weighted by Gasteiger charge is -2.30. The van der Waals surface area contributed by atoms with Gasteiger partial charge in [-0.3, -0.25) is 14.5 Å². The van der Waals surface area contributed by atoms with Crippen LogP contribution < -0.4 is 5.32 Å². The number of carbonyl (C=O) groups excluding carboxylic acids is 2. The average molecular weight is 373 g/mol. The maximum atomic E-state index is 12.5. The second kappa shape index (κ2) is 9.36. The maximum Gasteiger partial charge on any atom is 0.309 e. The van der Waals surface area contributed by atoms with Gasteiger partial charge in [0.05, 0.1) is 25.1 Å². The first-order chi connectivity index (χ1) is 13.1. The number of fused-ring (bicyclic) bond motifs is 1. The molecule has 148 valence electrons. The molecular formula is C22H32N2O3. The molecule has 5 heteroatoms. The number of amides is 1. The molecule has 1 aromatic rings. The van der Waals surface area contributed by atoms with Crippen molar-refractivity contribution in [2.24, 2.45) is 5.92 Å². The highest BCUT2D eigenvalue weighted by Gasteiger charge is 2.27. The minimum absolute atomic E-state index is 0.0151. The molecule has 1 aliphatic carbocycles. The Morgan fingerprint density at radius 1 is 1.19 bits per heavy atom. The Labute approximate surface area is 162 Å². The Morgan fingerprint density at radius 3 is 2.59 bits per heavy atom. The topological polar surface area (TPSA) is 58.6 Å². The molecule has 1 amide bonds. The fourth-order valence-electron chi connectivity index (χ4n) is 4.18. The predicted octanol–water partition coefficient (Wildman–Crippen LogP) is 3.02. The van der Waals surface area contributed by atoms with Crippen molar-refractivity contribution in [2.45, 2.75) is 58.4 Å². The highest BCUT2D eigenvalue weighted by molar-refractivity contribution is 5.78. The summed E-state index contributed by atoms with van der Waals surface area (Å²) in [7, 11) is 0. The van der Waals surface area contributed by atoms with Crippen molar-refractivity contribution >= 4 is 11.9 Å². The molecule has 1 heterocycles. The van der Waals surface area contributed by atoms with Crippen LogP contribution in [0.25, 0.3) is 0 Å². The quantitative estimate of drug-likeness (QED) is 0.780. The molecule has 5 nitrogen and oxygen atoms in total. The zero-order valence-electron chi connectivity index (χ0n) is 16.6. The number of benzene rings is 1. The number of piperidine rings is 1. The Bertz CT molecular complexity index is 666. The van der Waals surface area contributed by atoms with Gasteiger partial charge in [0, 0.05) is 0 Å². The van der Waals surface area contributed by atoms with Crippen LogP contribution in [0.1, 0.15) is 62.3 Å². The summed E-state index contributed by atoms with van der Waals surface area (Å²) in [6, 6.07) is 6.67. The number of esters is 1. The summed E-state index contributed by atoms with van der Waals surface area (Å²) in [5, 5.41) is 3.13. The van der Waals surface area contributed by atoms with Crippen LogP contribution in [0.4, 0.5) is 0 Å². The molecular weight excluding hydrogens is 340 g/mol. The van der Waals surface area contributed by atoms with Crippen LogP contribution in [0.2, 0.25) is 0 Å². The molecule has 0 bridgehead atoms. The molecule has 1 aliphatic heterocycles. The SMILES string of the molecule is CCOC(=O)C1CCN(CC(=O)N[C@@H](C)c2ccc3c(c2)CCCC3)CC1. The van der Waals surface area contributed by atoms with Crippen molar-refractivity contribution in [2.75, 3.05) is 26.2 Å². The molecule has 3 rings (SSSR count). The number of nitrogens with zero attached hydrogens (tertiary/aromatic N) is 1. The molecule has 0 spiro atoms. The molecule has 1 aromatic carbocycles. The van der Waals surface area contributed by atoms with Crippen LogP contribution in [-0.2, 0) is 27.2 Å². The third-order valence-corrected chi connectivity index (χ3v) is 5.82. The maximum absolute atomic E-state index is 12.5. The number of hydrogen-bond donors (Lipinski definition) is 1. The summed E-state index contributed by atoms with van der Waals surface area (Å²) in [4.78, 5) is 26.4. The van der Waals surface area contributed by atoms with Crippen LogP contribution in [0.5, 0.6) is 0 Å². The molecule has 1 fully saturated rings. The van der Waals surface area contributed by atoms with Crippen molar-refractivity contribution in [3.05, 3.63) is 34.9 Å². The lowest BCUT2D eigenvalue weighted by atomic mass is 9.89. The highest BCUT2D eigenvalue weighted by Crippen LogP contribution is 2.25. The molecule has 1 saturated heterocycles. The molecule has 1 atom stereocenters. The number of carbonyl (C=O) groups is 2. The highest BCUT2D eigenvalue weighted by atomic mass is 16.5. The van der Waals surface area contributed by atoms with Gasteiger partial charge in [-0.05, 0) is 82.2 Å². The fraction of sp³-hybridized carbons (Fsp3) is 0.636. The Kier molecular flexibility index (Phi) is 6.89. The number of aryl methyl sites for hydroxylation is 2. The van der Waals surface area contributed by atoms with Gasteiger partial charge in [0.2, 0.25) is 5.91 Å². The number of nitrogens with one attached hydrogen (secondary N) is 1. The second-order valence-corrected chi connectivity index (χ2v) is 7.83. The monoisotopic (exact) mass is 372 g/mol. The van der Waals surface area contributed by atoms with E-state index in [1.54, 1.807) is 0 Å². The Balaban J connectivity index is 1.46. The number of hydrogen-bond acceptors (Lipinski definition) is 4. The number of rotatable bonds is 6. The first-order valence-electron chi connectivity index (χ1n) is 10.4. The summed E-state index contributed by atoms with van der Waals surface area (Å²) in [6.07, 6.45) is 6.42. The normalized spacial score (nSPS) is 19.2. The smallest absolute Gasteiger partial charge is 0.309 e. The summed E-state index contributed by atoms with van der Waals surface area (Å²) in [6.45, 7) is 6.25. The largest absolute Gasteiger partial charge is 0.466 e. The van der Waals surface area contributed by atoms with E-state index in [9.17, 15) is 9.59 Å². The predicted molar refractivity (Wildman–Crippen MR) is 105 cm³/mol. The summed E-state index contributed by atoms with van der Waals surface area (Å²) in [5.41, 5.74) is 4.10. The zero-order chi connectivity index (χ0) is 19.2. The molecule has 27 heavy (non-hydrogen) atoms. The van der Waals surface area contributed by atoms with Gasteiger partial charge < -0.3 is 10.1 Å². The van der Waals surface area contributed by atoms with E-state index in [4.69, 9.17) is 4.74 Å². The van der Waals surface area contributed by atoms with Gasteiger partial charge >= 0.3 is 5.97 Å². The van der Waals surface area contributed by atoms with Gasteiger partial charge in [0.1, 0.15) is 0 Å².